The smallest absolute Gasteiger partial charge is 0.408 e. The molecule has 3 atom stereocenters. The molecule has 0 saturated carbocycles. The van der Waals surface area contributed by atoms with E-state index >= 15 is 0 Å². The first-order chi connectivity index (χ1) is 11.6. The van der Waals surface area contributed by atoms with Crippen molar-refractivity contribution in [3.63, 3.8) is 0 Å². The quantitative estimate of drug-likeness (QED) is 0.642. The second kappa shape index (κ2) is 7.25. The summed E-state index contributed by atoms with van der Waals surface area (Å²) in [4.78, 5) is 28.1. The lowest BCUT2D eigenvalue weighted by Crippen LogP contribution is -2.37. The summed E-state index contributed by atoms with van der Waals surface area (Å²) in [5, 5.41) is 12.3. The Morgan fingerprint density at radius 1 is 1.36 bits per heavy atom. The number of carboxylic acid groups (broad SMARTS) is 1. The first kappa shape index (κ1) is 19.0. The van der Waals surface area contributed by atoms with Crippen molar-refractivity contribution < 1.29 is 19.4 Å². The number of aromatic nitrogens is 1. The number of fused-ring (bicyclic) bond motifs is 1. The molecule has 1 aliphatic rings. The minimum absolute atomic E-state index is 0.113. The van der Waals surface area contributed by atoms with Gasteiger partial charge in [0, 0.05) is 17.7 Å². The van der Waals surface area contributed by atoms with Gasteiger partial charge in [0.1, 0.15) is 5.60 Å². The number of carbonyl (C=O) groups is 2. The Labute approximate surface area is 148 Å². The highest BCUT2D eigenvalue weighted by atomic mass is 16.6. The van der Waals surface area contributed by atoms with E-state index in [1.807, 2.05) is 33.8 Å². The van der Waals surface area contributed by atoms with Gasteiger partial charge in [-0.15, -0.1) is 0 Å². The molecule has 0 aliphatic heterocycles. The number of rotatable bonds is 3. The standard InChI is InChI=1S/C19H26N2O4/c1-11-8-9-13(12(2)17(22)23)16-14(7-6-10-20-16)15(11)21-18(24)25-19(3,4)5/h6-7,10-11,13,15H,2,8-9H2,1,3-5H3,(H,21,24)(H,22,23)/t11-,13-,15+/m1/s1. The molecule has 0 fully saturated rings. The molecule has 136 valence electrons. The third-order valence-electron chi connectivity index (χ3n) is 4.38. The number of hydrogen-bond acceptors (Lipinski definition) is 4. The maximum absolute atomic E-state index is 12.3. The lowest BCUT2D eigenvalue weighted by Gasteiger charge is -2.27. The molecule has 1 aromatic heterocycles. The molecule has 2 rings (SSSR count). The lowest BCUT2D eigenvalue weighted by molar-refractivity contribution is -0.133. The summed E-state index contributed by atoms with van der Waals surface area (Å²) in [6, 6.07) is 3.39. The average molecular weight is 346 g/mol. The van der Waals surface area contributed by atoms with E-state index in [1.54, 1.807) is 12.3 Å². The number of hydrogen-bond donors (Lipinski definition) is 2. The highest BCUT2D eigenvalue weighted by Gasteiger charge is 2.34. The molecule has 2 N–H and O–H groups in total. The van der Waals surface area contributed by atoms with E-state index in [2.05, 4.69) is 16.9 Å². The van der Waals surface area contributed by atoms with Crippen molar-refractivity contribution in [2.24, 2.45) is 5.92 Å². The van der Waals surface area contributed by atoms with E-state index in [0.29, 0.717) is 12.1 Å². The maximum Gasteiger partial charge on any atom is 0.408 e. The fourth-order valence-corrected chi connectivity index (χ4v) is 3.17. The number of pyridine rings is 1. The lowest BCUT2D eigenvalue weighted by atomic mass is 9.90. The summed E-state index contributed by atoms with van der Waals surface area (Å²) < 4.78 is 5.38. The molecule has 25 heavy (non-hydrogen) atoms. The van der Waals surface area contributed by atoms with Crippen molar-refractivity contribution in [1.29, 1.82) is 0 Å². The van der Waals surface area contributed by atoms with Gasteiger partial charge in [0.05, 0.1) is 11.7 Å². The summed E-state index contributed by atoms with van der Waals surface area (Å²) in [6.45, 7) is 11.2. The number of alkyl carbamates (subject to hydrolysis) is 1. The molecule has 0 aromatic carbocycles. The Balaban J connectivity index is 2.36. The van der Waals surface area contributed by atoms with E-state index in [-0.39, 0.29) is 23.5 Å². The van der Waals surface area contributed by atoms with Crippen molar-refractivity contribution in [1.82, 2.24) is 10.3 Å². The SMILES string of the molecule is C=C(C(=O)O)[C@H]1CC[C@@H](C)[C@H](NC(=O)OC(C)(C)C)c2cccnc21. The van der Waals surface area contributed by atoms with Gasteiger partial charge in [-0.25, -0.2) is 9.59 Å². The molecule has 1 aliphatic carbocycles. The largest absolute Gasteiger partial charge is 0.478 e. The summed E-state index contributed by atoms with van der Waals surface area (Å²) in [5.41, 5.74) is 1.03. The molecule has 1 aromatic rings. The Morgan fingerprint density at radius 3 is 2.64 bits per heavy atom. The summed E-state index contributed by atoms with van der Waals surface area (Å²) in [6.07, 6.45) is 2.52. The van der Waals surface area contributed by atoms with Gasteiger partial charge in [-0.1, -0.05) is 19.6 Å². The number of carbonyl (C=O) groups excluding carboxylic acids is 1. The van der Waals surface area contributed by atoms with Crippen LogP contribution in [0.5, 0.6) is 0 Å². The number of ether oxygens (including phenoxy) is 1. The number of amides is 1. The first-order valence-corrected chi connectivity index (χ1v) is 8.46. The predicted octanol–water partition coefficient (Wildman–Crippen LogP) is 3.80. The van der Waals surface area contributed by atoms with Crippen molar-refractivity contribution >= 4 is 12.1 Å². The van der Waals surface area contributed by atoms with E-state index < -0.39 is 17.7 Å². The summed E-state index contributed by atoms with van der Waals surface area (Å²) >= 11 is 0. The van der Waals surface area contributed by atoms with Gasteiger partial charge in [0.15, 0.2) is 0 Å². The van der Waals surface area contributed by atoms with Gasteiger partial charge in [-0.2, -0.15) is 0 Å². The van der Waals surface area contributed by atoms with Gasteiger partial charge in [-0.3, -0.25) is 4.98 Å². The van der Waals surface area contributed by atoms with Crippen molar-refractivity contribution in [2.45, 2.75) is 58.1 Å². The fourth-order valence-electron chi connectivity index (χ4n) is 3.17. The van der Waals surface area contributed by atoms with Gasteiger partial charge in [0.25, 0.3) is 0 Å². The van der Waals surface area contributed by atoms with Crippen molar-refractivity contribution in [3.8, 4) is 0 Å². The topological polar surface area (TPSA) is 88.5 Å². The van der Waals surface area contributed by atoms with E-state index in [1.165, 1.54) is 0 Å². The molecule has 0 unspecified atom stereocenters. The van der Waals surface area contributed by atoms with Crippen LogP contribution in [0.3, 0.4) is 0 Å². The van der Waals surface area contributed by atoms with Crippen LogP contribution >= 0.6 is 0 Å². The third-order valence-corrected chi connectivity index (χ3v) is 4.38. The molecular formula is C19H26N2O4. The maximum atomic E-state index is 12.3. The van der Waals surface area contributed by atoms with Gasteiger partial charge in [0.2, 0.25) is 0 Å². The van der Waals surface area contributed by atoms with Crippen LogP contribution in [0.15, 0.2) is 30.5 Å². The molecular weight excluding hydrogens is 320 g/mol. The Hall–Kier alpha value is -2.37. The number of carboxylic acids is 1. The second-order valence-electron chi connectivity index (χ2n) is 7.54. The van der Waals surface area contributed by atoms with Crippen LogP contribution in [-0.2, 0) is 9.53 Å². The van der Waals surface area contributed by atoms with Crippen LogP contribution in [0.25, 0.3) is 0 Å². The predicted molar refractivity (Wildman–Crippen MR) is 94.3 cm³/mol. The van der Waals surface area contributed by atoms with Crippen LogP contribution in [0.2, 0.25) is 0 Å². The van der Waals surface area contributed by atoms with E-state index in [4.69, 9.17) is 4.74 Å². The zero-order chi connectivity index (χ0) is 18.8. The van der Waals surface area contributed by atoms with Crippen LogP contribution in [0.4, 0.5) is 4.79 Å². The van der Waals surface area contributed by atoms with Gasteiger partial charge >= 0.3 is 12.1 Å². The highest BCUT2D eigenvalue weighted by molar-refractivity contribution is 5.87. The Kier molecular flexibility index (Phi) is 5.50. The minimum atomic E-state index is -1.02. The molecule has 6 heteroatoms. The summed E-state index contributed by atoms with van der Waals surface area (Å²) in [7, 11) is 0. The fraction of sp³-hybridized carbons (Fsp3) is 0.526. The van der Waals surface area contributed by atoms with E-state index in [0.717, 1.165) is 12.0 Å². The van der Waals surface area contributed by atoms with Crippen LogP contribution < -0.4 is 5.32 Å². The monoisotopic (exact) mass is 346 g/mol. The zero-order valence-corrected chi connectivity index (χ0v) is 15.2. The van der Waals surface area contributed by atoms with Crippen molar-refractivity contribution in [2.75, 3.05) is 0 Å². The normalized spacial score (nSPS) is 23.1. The first-order valence-electron chi connectivity index (χ1n) is 8.46. The molecule has 0 spiro atoms. The Bertz CT molecular complexity index is 678. The number of nitrogens with one attached hydrogen (secondary N) is 1. The third kappa shape index (κ3) is 4.59. The molecule has 6 nitrogen and oxygen atoms in total. The molecule has 1 amide bonds. The number of nitrogens with zero attached hydrogens (tertiary/aromatic N) is 1. The van der Waals surface area contributed by atoms with Crippen molar-refractivity contribution in [3.05, 3.63) is 41.7 Å². The summed E-state index contributed by atoms with van der Waals surface area (Å²) in [5.74, 6) is -1.27. The molecule has 0 bridgehead atoms. The molecule has 0 radical (unpaired) electrons. The van der Waals surface area contributed by atoms with E-state index in [9.17, 15) is 14.7 Å². The molecule has 1 heterocycles. The zero-order valence-electron chi connectivity index (χ0n) is 15.2. The van der Waals surface area contributed by atoms with Crippen LogP contribution in [0, 0.1) is 5.92 Å². The van der Waals surface area contributed by atoms with Crippen LogP contribution in [0.1, 0.15) is 63.8 Å². The van der Waals surface area contributed by atoms with Crippen LogP contribution in [-0.4, -0.2) is 27.8 Å². The number of aliphatic carboxylic acids is 1. The minimum Gasteiger partial charge on any atom is -0.478 e. The van der Waals surface area contributed by atoms with Gasteiger partial charge in [-0.05, 0) is 51.2 Å². The average Bonchev–Trinajstić information content (AvgIpc) is 2.63. The Morgan fingerprint density at radius 2 is 2.04 bits per heavy atom. The molecule has 0 saturated heterocycles. The highest BCUT2D eigenvalue weighted by Crippen LogP contribution is 2.40. The second-order valence-corrected chi connectivity index (χ2v) is 7.54. The van der Waals surface area contributed by atoms with Gasteiger partial charge < -0.3 is 15.2 Å².